The predicted molar refractivity (Wildman–Crippen MR) is 85.1 cm³/mol. The van der Waals surface area contributed by atoms with Crippen LogP contribution in [0.25, 0.3) is 0 Å². The SMILES string of the molecule is CO[C@H](C)c1cccc(N[C@@H]2C[C@@H](C)N(C)C[C@@H]2C)c1. The lowest BCUT2D eigenvalue weighted by atomic mass is 9.89. The van der Waals surface area contributed by atoms with Gasteiger partial charge < -0.3 is 15.0 Å². The third kappa shape index (κ3) is 3.53. The fourth-order valence-corrected chi connectivity index (χ4v) is 2.97. The number of rotatable bonds is 4. The molecule has 1 heterocycles. The summed E-state index contributed by atoms with van der Waals surface area (Å²) in [7, 11) is 3.98. The van der Waals surface area contributed by atoms with Gasteiger partial charge in [0.05, 0.1) is 6.10 Å². The fourth-order valence-electron chi connectivity index (χ4n) is 2.97. The van der Waals surface area contributed by atoms with E-state index in [-0.39, 0.29) is 6.10 Å². The van der Waals surface area contributed by atoms with Crippen LogP contribution in [-0.2, 0) is 4.74 Å². The van der Waals surface area contributed by atoms with E-state index in [0.717, 1.165) is 6.54 Å². The number of methoxy groups -OCH3 is 1. The summed E-state index contributed by atoms with van der Waals surface area (Å²) in [5, 5.41) is 3.72. The van der Waals surface area contributed by atoms with Gasteiger partial charge in [0, 0.05) is 31.4 Å². The van der Waals surface area contributed by atoms with Gasteiger partial charge in [-0.25, -0.2) is 0 Å². The molecule has 1 aromatic rings. The Bertz CT molecular complexity index is 435. The van der Waals surface area contributed by atoms with Crippen LogP contribution in [0.1, 0.15) is 38.9 Å². The molecule has 1 aliphatic rings. The third-order valence-electron chi connectivity index (χ3n) is 4.67. The summed E-state index contributed by atoms with van der Waals surface area (Å²) in [5.74, 6) is 0.666. The number of nitrogens with zero attached hydrogens (tertiary/aromatic N) is 1. The number of ether oxygens (including phenoxy) is 1. The minimum absolute atomic E-state index is 0.144. The van der Waals surface area contributed by atoms with Crippen LogP contribution >= 0.6 is 0 Å². The highest BCUT2D eigenvalue weighted by atomic mass is 16.5. The van der Waals surface area contributed by atoms with Gasteiger partial charge in [-0.15, -0.1) is 0 Å². The van der Waals surface area contributed by atoms with Crippen molar-refractivity contribution in [1.29, 1.82) is 0 Å². The summed E-state index contributed by atoms with van der Waals surface area (Å²) in [6.07, 6.45) is 1.34. The van der Waals surface area contributed by atoms with E-state index in [1.165, 1.54) is 17.7 Å². The first-order valence-corrected chi connectivity index (χ1v) is 7.60. The zero-order valence-electron chi connectivity index (χ0n) is 13.4. The molecule has 1 aliphatic heterocycles. The molecule has 1 saturated heterocycles. The largest absolute Gasteiger partial charge is 0.382 e. The first kappa shape index (κ1) is 15.3. The minimum Gasteiger partial charge on any atom is -0.382 e. The number of hydrogen-bond donors (Lipinski definition) is 1. The number of piperidine rings is 1. The van der Waals surface area contributed by atoms with Crippen LogP contribution in [0.2, 0.25) is 0 Å². The average molecular weight is 276 g/mol. The van der Waals surface area contributed by atoms with Crippen LogP contribution in [-0.4, -0.2) is 37.7 Å². The van der Waals surface area contributed by atoms with Gasteiger partial charge in [-0.3, -0.25) is 0 Å². The smallest absolute Gasteiger partial charge is 0.0793 e. The van der Waals surface area contributed by atoms with E-state index in [9.17, 15) is 0 Å². The number of likely N-dealkylation sites (tertiary alicyclic amines) is 1. The second-order valence-corrected chi connectivity index (χ2v) is 6.26. The molecule has 0 aliphatic carbocycles. The quantitative estimate of drug-likeness (QED) is 0.910. The lowest BCUT2D eigenvalue weighted by molar-refractivity contribution is 0.119. The predicted octanol–water partition coefficient (Wildman–Crippen LogP) is 3.53. The molecule has 112 valence electrons. The molecule has 4 atom stereocenters. The maximum Gasteiger partial charge on any atom is 0.0793 e. The monoisotopic (exact) mass is 276 g/mol. The van der Waals surface area contributed by atoms with E-state index in [1.807, 2.05) is 0 Å². The molecular formula is C17H28N2O. The molecule has 3 heteroatoms. The first-order chi connectivity index (χ1) is 9.51. The zero-order valence-corrected chi connectivity index (χ0v) is 13.4. The molecule has 0 aromatic heterocycles. The van der Waals surface area contributed by atoms with E-state index < -0.39 is 0 Å². The second-order valence-electron chi connectivity index (χ2n) is 6.26. The molecule has 0 radical (unpaired) electrons. The maximum atomic E-state index is 5.40. The molecule has 20 heavy (non-hydrogen) atoms. The van der Waals surface area contributed by atoms with Crippen LogP contribution in [0.5, 0.6) is 0 Å². The summed E-state index contributed by atoms with van der Waals surface area (Å²) >= 11 is 0. The second kappa shape index (κ2) is 6.59. The summed E-state index contributed by atoms with van der Waals surface area (Å²) in [6, 6.07) is 9.79. The van der Waals surface area contributed by atoms with E-state index in [0.29, 0.717) is 18.0 Å². The highest BCUT2D eigenvalue weighted by Gasteiger charge is 2.28. The summed E-state index contributed by atoms with van der Waals surface area (Å²) in [6.45, 7) is 7.89. The fraction of sp³-hybridized carbons (Fsp3) is 0.647. The average Bonchev–Trinajstić information content (AvgIpc) is 2.44. The van der Waals surface area contributed by atoms with Crippen molar-refractivity contribution < 1.29 is 4.74 Å². The van der Waals surface area contributed by atoms with E-state index >= 15 is 0 Å². The molecule has 0 bridgehead atoms. The van der Waals surface area contributed by atoms with E-state index in [4.69, 9.17) is 4.74 Å². The summed E-state index contributed by atoms with van der Waals surface area (Å²) in [4.78, 5) is 2.45. The molecule has 0 amide bonds. The number of nitrogens with one attached hydrogen (secondary N) is 1. The van der Waals surface area contributed by atoms with Crippen LogP contribution in [0.15, 0.2) is 24.3 Å². The van der Waals surface area contributed by atoms with Crippen molar-refractivity contribution in [1.82, 2.24) is 4.90 Å². The number of hydrogen-bond acceptors (Lipinski definition) is 3. The normalized spacial score (nSPS) is 29.1. The van der Waals surface area contributed by atoms with Crippen molar-refractivity contribution in [3.05, 3.63) is 29.8 Å². The van der Waals surface area contributed by atoms with Crippen molar-refractivity contribution in [3.8, 4) is 0 Å². The van der Waals surface area contributed by atoms with Gasteiger partial charge in [-0.05, 0) is 50.9 Å². The molecule has 1 fully saturated rings. The Hall–Kier alpha value is -1.06. The highest BCUT2D eigenvalue weighted by molar-refractivity contribution is 5.47. The molecule has 0 saturated carbocycles. The number of anilines is 1. The Morgan fingerprint density at radius 1 is 1.35 bits per heavy atom. The minimum atomic E-state index is 0.144. The van der Waals surface area contributed by atoms with Gasteiger partial charge in [-0.2, -0.15) is 0 Å². The number of benzene rings is 1. The van der Waals surface area contributed by atoms with Crippen molar-refractivity contribution in [2.24, 2.45) is 5.92 Å². The standard InChI is InChI=1S/C17H28N2O/c1-12-11-19(4)13(2)9-17(12)18-16-8-6-7-15(10-16)14(3)20-5/h6-8,10,12-14,17-18H,9,11H2,1-5H3/t12-,13+,14+,17+/m0/s1. The molecule has 1 N–H and O–H groups in total. The van der Waals surface area contributed by atoms with Crippen LogP contribution < -0.4 is 5.32 Å². The van der Waals surface area contributed by atoms with Crippen molar-refractivity contribution in [2.75, 3.05) is 26.0 Å². The van der Waals surface area contributed by atoms with Crippen molar-refractivity contribution in [2.45, 2.75) is 45.4 Å². The maximum absolute atomic E-state index is 5.40. The lowest BCUT2D eigenvalue weighted by Crippen LogP contribution is -2.48. The molecule has 0 unspecified atom stereocenters. The Morgan fingerprint density at radius 3 is 2.80 bits per heavy atom. The van der Waals surface area contributed by atoms with Gasteiger partial charge >= 0.3 is 0 Å². The van der Waals surface area contributed by atoms with Gasteiger partial charge in [-0.1, -0.05) is 19.1 Å². The van der Waals surface area contributed by atoms with E-state index in [2.05, 4.69) is 62.3 Å². The van der Waals surface area contributed by atoms with Crippen LogP contribution in [0.3, 0.4) is 0 Å². The Balaban J connectivity index is 2.06. The molecule has 2 rings (SSSR count). The van der Waals surface area contributed by atoms with Gasteiger partial charge in [0.15, 0.2) is 0 Å². The van der Waals surface area contributed by atoms with Gasteiger partial charge in [0.2, 0.25) is 0 Å². The Morgan fingerprint density at radius 2 is 2.10 bits per heavy atom. The molecule has 0 spiro atoms. The highest BCUT2D eigenvalue weighted by Crippen LogP contribution is 2.26. The summed E-state index contributed by atoms with van der Waals surface area (Å²) < 4.78 is 5.40. The zero-order chi connectivity index (χ0) is 14.7. The Labute approximate surface area is 123 Å². The third-order valence-corrected chi connectivity index (χ3v) is 4.67. The van der Waals surface area contributed by atoms with Crippen molar-refractivity contribution in [3.63, 3.8) is 0 Å². The van der Waals surface area contributed by atoms with Gasteiger partial charge in [0.25, 0.3) is 0 Å². The first-order valence-electron chi connectivity index (χ1n) is 7.60. The van der Waals surface area contributed by atoms with Gasteiger partial charge in [0.1, 0.15) is 0 Å². The van der Waals surface area contributed by atoms with Crippen molar-refractivity contribution >= 4 is 5.69 Å². The molecular weight excluding hydrogens is 248 g/mol. The van der Waals surface area contributed by atoms with Crippen LogP contribution in [0, 0.1) is 5.92 Å². The van der Waals surface area contributed by atoms with E-state index in [1.54, 1.807) is 7.11 Å². The topological polar surface area (TPSA) is 24.5 Å². The summed E-state index contributed by atoms with van der Waals surface area (Å²) in [5.41, 5.74) is 2.44. The molecule has 1 aromatic carbocycles. The molecule has 3 nitrogen and oxygen atoms in total. The lowest BCUT2D eigenvalue weighted by Gasteiger charge is -2.40. The van der Waals surface area contributed by atoms with Crippen LogP contribution in [0.4, 0.5) is 5.69 Å². The Kier molecular flexibility index (Phi) is 5.06.